The van der Waals surface area contributed by atoms with Gasteiger partial charge in [0.1, 0.15) is 6.04 Å². The number of nitrogens with two attached hydrogens (primary N) is 1. The van der Waals surface area contributed by atoms with Crippen LogP contribution in [-0.4, -0.2) is 42.9 Å². The summed E-state index contributed by atoms with van der Waals surface area (Å²) in [5.41, 5.74) is 5.68. The molecule has 0 spiro atoms. The molecule has 1 rings (SSSR count). The summed E-state index contributed by atoms with van der Waals surface area (Å²) in [7, 11) is 0. The minimum absolute atomic E-state index is 0.0204. The van der Waals surface area contributed by atoms with Crippen LogP contribution in [0, 0.1) is 5.92 Å². The molecular formula is C17H23N3O5. The molecule has 0 aliphatic heterocycles. The number of benzene rings is 1. The molecule has 136 valence electrons. The number of esters is 1. The predicted molar refractivity (Wildman–Crippen MR) is 90.3 cm³/mol. The van der Waals surface area contributed by atoms with Gasteiger partial charge in [-0.25, -0.2) is 0 Å². The normalized spacial score (nSPS) is 12.6. The molecule has 0 aliphatic rings. The number of ether oxygens (including phenoxy) is 1. The van der Waals surface area contributed by atoms with Gasteiger partial charge in [0.25, 0.3) is 5.91 Å². The first-order chi connectivity index (χ1) is 11.8. The summed E-state index contributed by atoms with van der Waals surface area (Å²) in [4.78, 5) is 46.9. The second-order valence-corrected chi connectivity index (χ2v) is 5.46. The maximum Gasteiger partial charge on any atom is 0.308 e. The van der Waals surface area contributed by atoms with E-state index in [-0.39, 0.29) is 19.6 Å². The number of carbonyl (C=O) groups excluding carboxylic acids is 4. The van der Waals surface area contributed by atoms with E-state index in [4.69, 9.17) is 10.5 Å². The highest BCUT2D eigenvalue weighted by molar-refractivity contribution is 5.97. The van der Waals surface area contributed by atoms with Crippen LogP contribution in [0.1, 0.15) is 30.6 Å². The van der Waals surface area contributed by atoms with Crippen LogP contribution in [0.15, 0.2) is 30.3 Å². The summed E-state index contributed by atoms with van der Waals surface area (Å²) in [5.74, 6) is -2.83. The van der Waals surface area contributed by atoms with Crippen LogP contribution >= 0.6 is 0 Å². The lowest BCUT2D eigenvalue weighted by atomic mass is 10.0. The molecule has 8 nitrogen and oxygen atoms in total. The molecule has 4 N–H and O–H groups in total. The second kappa shape index (κ2) is 10.1. The van der Waals surface area contributed by atoms with Crippen molar-refractivity contribution < 1.29 is 23.9 Å². The van der Waals surface area contributed by atoms with Gasteiger partial charge in [-0.3, -0.25) is 19.2 Å². The van der Waals surface area contributed by atoms with Crippen LogP contribution in [0.3, 0.4) is 0 Å². The Kier molecular flexibility index (Phi) is 8.11. The zero-order chi connectivity index (χ0) is 18.8. The Morgan fingerprint density at radius 3 is 2.36 bits per heavy atom. The molecule has 25 heavy (non-hydrogen) atoms. The van der Waals surface area contributed by atoms with E-state index in [0.717, 1.165) is 0 Å². The van der Waals surface area contributed by atoms with E-state index in [0.29, 0.717) is 5.56 Å². The van der Waals surface area contributed by atoms with Gasteiger partial charge in [-0.05, 0) is 25.5 Å². The van der Waals surface area contributed by atoms with Crippen molar-refractivity contribution in [1.82, 2.24) is 10.6 Å². The molecule has 0 saturated heterocycles. The lowest BCUT2D eigenvalue weighted by Gasteiger charge is -2.19. The first-order valence-corrected chi connectivity index (χ1v) is 7.93. The monoisotopic (exact) mass is 349 g/mol. The lowest BCUT2D eigenvalue weighted by Crippen LogP contribution is -2.49. The number of carbonyl (C=O) groups is 4. The number of nitrogens with one attached hydrogen (secondary N) is 2. The second-order valence-electron chi connectivity index (χ2n) is 5.46. The van der Waals surface area contributed by atoms with E-state index in [9.17, 15) is 19.2 Å². The van der Waals surface area contributed by atoms with Gasteiger partial charge in [0, 0.05) is 5.56 Å². The molecule has 0 bridgehead atoms. The maximum absolute atomic E-state index is 11.9. The summed E-state index contributed by atoms with van der Waals surface area (Å²) in [6, 6.07) is 7.37. The van der Waals surface area contributed by atoms with Crippen molar-refractivity contribution in [2.45, 2.75) is 26.3 Å². The van der Waals surface area contributed by atoms with Crippen molar-refractivity contribution in [1.29, 1.82) is 0 Å². The van der Waals surface area contributed by atoms with E-state index < -0.39 is 35.7 Å². The quantitative estimate of drug-likeness (QED) is 0.540. The molecule has 2 atom stereocenters. The van der Waals surface area contributed by atoms with Gasteiger partial charge < -0.3 is 21.1 Å². The molecule has 0 aliphatic carbocycles. The molecular weight excluding hydrogens is 326 g/mol. The summed E-state index contributed by atoms with van der Waals surface area (Å²) in [5, 5.41) is 4.86. The van der Waals surface area contributed by atoms with E-state index in [1.807, 2.05) is 0 Å². The zero-order valence-corrected chi connectivity index (χ0v) is 14.3. The third-order valence-corrected chi connectivity index (χ3v) is 3.40. The van der Waals surface area contributed by atoms with Crippen LogP contribution < -0.4 is 16.4 Å². The summed E-state index contributed by atoms with van der Waals surface area (Å²) < 4.78 is 4.86. The first-order valence-electron chi connectivity index (χ1n) is 7.93. The van der Waals surface area contributed by atoms with Crippen molar-refractivity contribution in [2.24, 2.45) is 11.7 Å². The van der Waals surface area contributed by atoms with Crippen LogP contribution in [0.25, 0.3) is 0 Å². The number of hydrogen-bond donors (Lipinski definition) is 3. The topological polar surface area (TPSA) is 128 Å². The fraction of sp³-hybridized carbons (Fsp3) is 0.412. The van der Waals surface area contributed by atoms with Crippen molar-refractivity contribution >= 4 is 23.7 Å². The number of hydrogen-bond acceptors (Lipinski definition) is 5. The van der Waals surface area contributed by atoms with Gasteiger partial charge in [-0.2, -0.15) is 0 Å². The molecule has 3 amide bonds. The predicted octanol–water partition coefficient (Wildman–Crippen LogP) is -0.0242. The smallest absolute Gasteiger partial charge is 0.308 e. The first kappa shape index (κ1) is 20.1. The number of primary amides is 1. The zero-order valence-electron chi connectivity index (χ0n) is 14.3. The minimum atomic E-state index is -1.03. The molecule has 8 heteroatoms. The molecule has 0 heterocycles. The highest BCUT2D eigenvalue weighted by atomic mass is 16.5. The molecule has 0 fully saturated rings. The van der Waals surface area contributed by atoms with Gasteiger partial charge >= 0.3 is 5.97 Å². The molecule has 0 aromatic heterocycles. The standard InChI is InChI=1S/C17H23N3O5/c1-3-25-17(24)11(2)9-13(15(18)22)20-14(21)10-19-16(23)12-7-5-4-6-8-12/h4-8,11,13H,3,9-10H2,1-2H3,(H2,18,22)(H,19,23)(H,20,21)/t11-,13+/m1/s1. The third-order valence-electron chi connectivity index (χ3n) is 3.40. The molecule has 1 aromatic rings. The van der Waals surface area contributed by atoms with Gasteiger partial charge in [0.05, 0.1) is 19.1 Å². The average Bonchev–Trinajstić information content (AvgIpc) is 2.59. The fourth-order valence-corrected chi connectivity index (χ4v) is 2.08. The highest BCUT2D eigenvalue weighted by Gasteiger charge is 2.25. The highest BCUT2D eigenvalue weighted by Crippen LogP contribution is 2.08. The molecule has 0 unspecified atom stereocenters. The third kappa shape index (κ3) is 7.03. The van der Waals surface area contributed by atoms with Crippen molar-refractivity contribution in [3.05, 3.63) is 35.9 Å². The SMILES string of the molecule is CCOC(=O)[C@H](C)C[C@H](NC(=O)CNC(=O)c1ccccc1)C(N)=O. The van der Waals surface area contributed by atoms with E-state index in [2.05, 4.69) is 10.6 Å². The van der Waals surface area contributed by atoms with Gasteiger partial charge in [0.15, 0.2) is 0 Å². The Morgan fingerprint density at radius 1 is 1.16 bits per heavy atom. The Bertz CT molecular complexity index is 618. The van der Waals surface area contributed by atoms with Gasteiger partial charge in [0.2, 0.25) is 11.8 Å². The van der Waals surface area contributed by atoms with Crippen LogP contribution in [-0.2, 0) is 19.1 Å². The maximum atomic E-state index is 11.9. The fourth-order valence-electron chi connectivity index (χ4n) is 2.08. The van der Waals surface area contributed by atoms with E-state index >= 15 is 0 Å². The van der Waals surface area contributed by atoms with Crippen LogP contribution in [0.4, 0.5) is 0 Å². The summed E-state index contributed by atoms with van der Waals surface area (Å²) >= 11 is 0. The lowest BCUT2D eigenvalue weighted by molar-refractivity contribution is -0.148. The Labute approximate surface area is 146 Å². The van der Waals surface area contributed by atoms with Gasteiger partial charge in [-0.15, -0.1) is 0 Å². The van der Waals surface area contributed by atoms with Crippen LogP contribution in [0.5, 0.6) is 0 Å². The van der Waals surface area contributed by atoms with Crippen molar-refractivity contribution in [3.63, 3.8) is 0 Å². The molecule has 0 saturated carbocycles. The number of amides is 3. The Balaban J connectivity index is 2.52. The Hall–Kier alpha value is -2.90. The molecule has 1 aromatic carbocycles. The summed E-state index contributed by atoms with van der Waals surface area (Å²) in [6.07, 6.45) is 0.0204. The van der Waals surface area contributed by atoms with Crippen LogP contribution in [0.2, 0.25) is 0 Å². The minimum Gasteiger partial charge on any atom is -0.466 e. The average molecular weight is 349 g/mol. The van der Waals surface area contributed by atoms with Crippen molar-refractivity contribution in [3.8, 4) is 0 Å². The van der Waals surface area contributed by atoms with Gasteiger partial charge in [-0.1, -0.05) is 25.1 Å². The number of rotatable bonds is 9. The largest absolute Gasteiger partial charge is 0.466 e. The van der Waals surface area contributed by atoms with E-state index in [1.54, 1.807) is 44.2 Å². The molecule has 0 radical (unpaired) electrons. The Morgan fingerprint density at radius 2 is 1.80 bits per heavy atom. The summed E-state index contributed by atoms with van der Waals surface area (Å²) in [6.45, 7) is 3.16. The van der Waals surface area contributed by atoms with E-state index in [1.165, 1.54) is 0 Å². The van der Waals surface area contributed by atoms with Crippen molar-refractivity contribution in [2.75, 3.05) is 13.2 Å².